The van der Waals surface area contributed by atoms with E-state index < -0.39 is 28.9 Å². The van der Waals surface area contributed by atoms with Gasteiger partial charge in [0, 0.05) is 44.2 Å². The van der Waals surface area contributed by atoms with Gasteiger partial charge in [0.15, 0.2) is 5.78 Å². The number of rotatable bonds is 8. The second kappa shape index (κ2) is 11.5. The second-order valence-electron chi connectivity index (χ2n) is 11.3. The van der Waals surface area contributed by atoms with Crippen LogP contribution in [0.2, 0.25) is 0 Å². The Kier molecular flexibility index (Phi) is 7.97. The normalized spacial score (nSPS) is 17.2. The summed E-state index contributed by atoms with van der Waals surface area (Å²) in [5.41, 5.74) is -0.988. The smallest absolute Gasteiger partial charge is 0.331 e. The number of fused-ring (bicyclic) bond motifs is 1. The van der Waals surface area contributed by atoms with Crippen molar-refractivity contribution in [1.29, 1.82) is 0 Å². The SMILES string of the molecule is COc1ccc(C(=O)CC2CCCN(C(=O)Nc3cc4c(=O)n(CC5CC5)c(=O)n(C(C)C)c4cc3F)C2)c(F)c1. The highest BCUT2D eigenvalue weighted by molar-refractivity contribution is 5.97. The number of aromatic nitrogens is 2. The fraction of sp³-hybridized carbons (Fsp3) is 0.467. The van der Waals surface area contributed by atoms with E-state index in [9.17, 15) is 23.6 Å². The van der Waals surface area contributed by atoms with E-state index in [-0.39, 0.29) is 58.8 Å². The van der Waals surface area contributed by atoms with E-state index in [1.54, 1.807) is 13.8 Å². The van der Waals surface area contributed by atoms with Crippen LogP contribution in [0.4, 0.5) is 19.3 Å². The molecule has 9 nitrogen and oxygen atoms in total. The maximum Gasteiger partial charge on any atom is 0.331 e. The number of amides is 2. The minimum absolute atomic E-state index is 0.0298. The Morgan fingerprint density at radius 2 is 1.80 bits per heavy atom. The fourth-order valence-electron chi connectivity index (χ4n) is 5.54. The number of methoxy groups -OCH3 is 1. The van der Waals surface area contributed by atoms with Gasteiger partial charge in [-0.1, -0.05) is 0 Å². The number of carbonyl (C=O) groups excluding carboxylic acids is 2. The van der Waals surface area contributed by atoms with E-state index >= 15 is 4.39 Å². The standard InChI is InChI=1S/C30H34F2N4O5/c1-17(2)36-26-14-24(32)25(13-22(26)28(38)35(30(36)40)16-18-6-7-18)33-29(39)34-10-4-5-19(15-34)11-27(37)21-9-8-20(41-3)12-23(21)31/h8-9,12-14,17-19H,4-7,10-11,15-16H2,1-3H3,(H,33,39). The molecule has 1 aromatic heterocycles. The average Bonchev–Trinajstić information content (AvgIpc) is 3.76. The van der Waals surface area contributed by atoms with Gasteiger partial charge in [0.25, 0.3) is 5.56 Å². The molecule has 41 heavy (non-hydrogen) atoms. The topological polar surface area (TPSA) is 103 Å². The number of nitrogens with one attached hydrogen (secondary N) is 1. The third-order valence-electron chi connectivity index (χ3n) is 7.91. The lowest BCUT2D eigenvalue weighted by Gasteiger charge is -2.32. The van der Waals surface area contributed by atoms with Crippen molar-refractivity contribution in [3.63, 3.8) is 0 Å². The molecular weight excluding hydrogens is 534 g/mol. The van der Waals surface area contributed by atoms with Crippen LogP contribution in [0.25, 0.3) is 10.9 Å². The molecular formula is C30H34F2N4O5. The summed E-state index contributed by atoms with van der Waals surface area (Å²) >= 11 is 0. The molecule has 2 amide bonds. The van der Waals surface area contributed by atoms with E-state index in [0.29, 0.717) is 31.7 Å². The van der Waals surface area contributed by atoms with Crippen LogP contribution in [-0.4, -0.2) is 46.0 Å². The van der Waals surface area contributed by atoms with Gasteiger partial charge >= 0.3 is 11.7 Å². The molecule has 2 aliphatic rings. The van der Waals surface area contributed by atoms with Gasteiger partial charge < -0.3 is 15.0 Å². The molecule has 0 radical (unpaired) electrons. The zero-order valence-corrected chi connectivity index (χ0v) is 23.4. The molecule has 5 rings (SSSR count). The molecule has 2 fully saturated rings. The Morgan fingerprint density at radius 1 is 1.05 bits per heavy atom. The zero-order chi connectivity index (χ0) is 29.4. The van der Waals surface area contributed by atoms with Gasteiger partial charge in [-0.15, -0.1) is 0 Å². The zero-order valence-electron chi connectivity index (χ0n) is 23.4. The molecule has 1 unspecified atom stereocenters. The first-order chi connectivity index (χ1) is 19.6. The first-order valence-electron chi connectivity index (χ1n) is 14.0. The monoisotopic (exact) mass is 568 g/mol. The minimum Gasteiger partial charge on any atom is -0.497 e. The van der Waals surface area contributed by atoms with Crippen LogP contribution >= 0.6 is 0 Å². The predicted octanol–water partition coefficient (Wildman–Crippen LogP) is 4.96. The molecule has 0 spiro atoms. The van der Waals surface area contributed by atoms with Crippen molar-refractivity contribution in [2.45, 2.75) is 58.5 Å². The molecule has 2 aromatic carbocycles. The molecule has 1 aliphatic carbocycles. The summed E-state index contributed by atoms with van der Waals surface area (Å²) in [5, 5.41) is 2.73. The fourth-order valence-corrected chi connectivity index (χ4v) is 5.54. The number of likely N-dealkylation sites (tertiary alicyclic amines) is 1. The highest BCUT2D eigenvalue weighted by atomic mass is 19.1. The molecule has 3 aromatic rings. The van der Waals surface area contributed by atoms with Crippen molar-refractivity contribution in [2.75, 3.05) is 25.5 Å². The van der Waals surface area contributed by atoms with Crippen molar-refractivity contribution < 1.29 is 23.1 Å². The molecule has 1 N–H and O–H groups in total. The largest absolute Gasteiger partial charge is 0.497 e. The number of carbonyl (C=O) groups is 2. The average molecular weight is 569 g/mol. The maximum atomic E-state index is 15.3. The molecule has 218 valence electrons. The van der Waals surface area contributed by atoms with E-state index in [1.807, 2.05) is 0 Å². The van der Waals surface area contributed by atoms with Crippen molar-refractivity contribution in [3.05, 3.63) is 68.4 Å². The van der Waals surface area contributed by atoms with Crippen LogP contribution in [0.1, 0.15) is 62.4 Å². The summed E-state index contributed by atoms with van der Waals surface area (Å²) in [7, 11) is 1.41. The summed E-state index contributed by atoms with van der Waals surface area (Å²) in [5.74, 6) is -1.40. The van der Waals surface area contributed by atoms with Crippen molar-refractivity contribution in [1.82, 2.24) is 14.0 Å². The van der Waals surface area contributed by atoms with Crippen molar-refractivity contribution in [3.8, 4) is 5.75 Å². The lowest BCUT2D eigenvalue weighted by Crippen LogP contribution is -2.43. The van der Waals surface area contributed by atoms with Crippen LogP contribution < -0.4 is 21.3 Å². The lowest BCUT2D eigenvalue weighted by molar-refractivity contribution is 0.0927. The quantitative estimate of drug-likeness (QED) is 0.387. The Bertz CT molecular complexity index is 1630. The Labute approximate surface area is 235 Å². The first-order valence-corrected chi connectivity index (χ1v) is 14.0. The summed E-state index contributed by atoms with van der Waals surface area (Å²) < 4.78 is 37.3. The van der Waals surface area contributed by atoms with Crippen molar-refractivity contribution in [2.24, 2.45) is 11.8 Å². The van der Waals surface area contributed by atoms with Crippen LogP contribution in [0, 0.1) is 23.5 Å². The van der Waals surface area contributed by atoms with Gasteiger partial charge in [-0.2, -0.15) is 0 Å². The number of ketones is 1. The summed E-state index contributed by atoms with van der Waals surface area (Å²) in [6.45, 7) is 4.55. The predicted molar refractivity (Wildman–Crippen MR) is 151 cm³/mol. The van der Waals surface area contributed by atoms with Gasteiger partial charge in [-0.05, 0) is 69.6 Å². The van der Waals surface area contributed by atoms with Gasteiger partial charge in [-0.25, -0.2) is 18.4 Å². The third kappa shape index (κ3) is 5.89. The maximum absolute atomic E-state index is 15.3. The number of nitrogens with zero attached hydrogens (tertiary/aromatic N) is 3. The third-order valence-corrected chi connectivity index (χ3v) is 7.91. The molecule has 0 bridgehead atoms. The van der Waals surface area contributed by atoms with Gasteiger partial charge in [-0.3, -0.25) is 18.7 Å². The number of ether oxygens (including phenoxy) is 1. The number of Topliss-reactive ketones (excluding diaryl/α,β-unsaturated/α-hetero) is 1. The number of benzene rings is 2. The molecule has 1 saturated carbocycles. The highest BCUT2D eigenvalue weighted by Gasteiger charge is 2.28. The number of halogens is 2. The summed E-state index contributed by atoms with van der Waals surface area (Å²) in [6.07, 6.45) is 3.28. The summed E-state index contributed by atoms with van der Waals surface area (Å²) in [6, 6.07) is 5.62. The Hall–Kier alpha value is -4.02. The van der Waals surface area contributed by atoms with E-state index in [0.717, 1.165) is 25.0 Å². The summed E-state index contributed by atoms with van der Waals surface area (Å²) in [4.78, 5) is 53.9. The lowest BCUT2D eigenvalue weighted by atomic mass is 9.91. The molecule has 11 heteroatoms. The van der Waals surface area contributed by atoms with Crippen LogP contribution in [0.3, 0.4) is 0 Å². The van der Waals surface area contributed by atoms with E-state index in [1.165, 1.54) is 39.3 Å². The van der Waals surface area contributed by atoms with E-state index in [4.69, 9.17) is 4.74 Å². The number of hydrogen-bond donors (Lipinski definition) is 1. The number of anilines is 1. The van der Waals surface area contributed by atoms with Crippen LogP contribution in [0.5, 0.6) is 5.75 Å². The molecule has 1 saturated heterocycles. The molecule has 1 atom stereocenters. The van der Waals surface area contributed by atoms with E-state index in [2.05, 4.69) is 5.32 Å². The highest BCUT2D eigenvalue weighted by Crippen LogP contribution is 2.30. The van der Waals surface area contributed by atoms with Crippen molar-refractivity contribution >= 4 is 28.4 Å². The van der Waals surface area contributed by atoms with Crippen LogP contribution in [-0.2, 0) is 6.54 Å². The first kappa shape index (κ1) is 28.5. The Balaban J connectivity index is 1.35. The minimum atomic E-state index is -0.766. The molecule has 2 heterocycles. The van der Waals surface area contributed by atoms with Crippen LogP contribution in [0.15, 0.2) is 39.9 Å². The number of hydrogen-bond acceptors (Lipinski definition) is 5. The Morgan fingerprint density at radius 3 is 2.46 bits per heavy atom. The van der Waals surface area contributed by atoms with Gasteiger partial charge in [0.2, 0.25) is 0 Å². The van der Waals surface area contributed by atoms with Gasteiger partial charge in [0.05, 0.1) is 29.3 Å². The molecule has 1 aliphatic heterocycles. The number of urea groups is 1. The second-order valence-corrected chi connectivity index (χ2v) is 11.3. The number of piperidine rings is 1. The van der Waals surface area contributed by atoms with Gasteiger partial charge in [0.1, 0.15) is 17.4 Å².